The summed E-state index contributed by atoms with van der Waals surface area (Å²) in [5.74, 6) is -0.0939. The van der Waals surface area contributed by atoms with Gasteiger partial charge >= 0.3 is 0 Å². The van der Waals surface area contributed by atoms with E-state index < -0.39 is 0 Å². The van der Waals surface area contributed by atoms with E-state index in [0.717, 1.165) is 51.9 Å². The minimum atomic E-state index is -0.101. The van der Waals surface area contributed by atoms with Crippen LogP contribution in [0.1, 0.15) is 60.2 Å². The number of carbonyl (C=O) groups is 2. The first-order chi connectivity index (χ1) is 11.7. The molecule has 1 aromatic rings. The maximum absolute atomic E-state index is 12.7. The van der Waals surface area contributed by atoms with Crippen LogP contribution < -0.4 is 10.6 Å². The van der Waals surface area contributed by atoms with Crippen molar-refractivity contribution < 1.29 is 9.59 Å². The third-order valence-corrected chi connectivity index (χ3v) is 4.28. The van der Waals surface area contributed by atoms with Gasteiger partial charge in [0.25, 0.3) is 11.8 Å². The Kier molecular flexibility index (Phi) is 9.53. The molecule has 1 aliphatic rings. The van der Waals surface area contributed by atoms with Gasteiger partial charge in [-0.1, -0.05) is 19.9 Å². The lowest BCUT2D eigenvalue weighted by atomic mass is 10.1. The molecular formula is C19H30ClN3O2. The SMILES string of the molecule is CCCN(CCC)C(=O)c1cccc(C(=O)NC2CCCNC2)c1.Cl. The van der Waals surface area contributed by atoms with Gasteiger partial charge in [-0.2, -0.15) is 0 Å². The molecule has 1 saturated heterocycles. The zero-order chi connectivity index (χ0) is 17.4. The molecule has 2 N–H and O–H groups in total. The molecule has 1 heterocycles. The van der Waals surface area contributed by atoms with Gasteiger partial charge in [0, 0.05) is 36.8 Å². The molecule has 1 fully saturated rings. The molecule has 25 heavy (non-hydrogen) atoms. The van der Waals surface area contributed by atoms with Crippen LogP contribution in [0.25, 0.3) is 0 Å². The molecule has 0 radical (unpaired) electrons. The first-order valence-corrected chi connectivity index (χ1v) is 9.06. The topological polar surface area (TPSA) is 61.4 Å². The summed E-state index contributed by atoms with van der Waals surface area (Å²) in [6, 6.07) is 7.23. The summed E-state index contributed by atoms with van der Waals surface area (Å²) in [6.45, 7) is 7.45. The maximum Gasteiger partial charge on any atom is 0.253 e. The summed E-state index contributed by atoms with van der Waals surface area (Å²) in [5.41, 5.74) is 1.14. The number of rotatable bonds is 7. The zero-order valence-corrected chi connectivity index (χ0v) is 16.0. The second-order valence-corrected chi connectivity index (χ2v) is 6.39. The third-order valence-electron chi connectivity index (χ3n) is 4.28. The van der Waals surface area contributed by atoms with Crippen molar-refractivity contribution in [1.29, 1.82) is 0 Å². The normalized spacial score (nSPS) is 16.6. The van der Waals surface area contributed by atoms with E-state index in [9.17, 15) is 9.59 Å². The van der Waals surface area contributed by atoms with Crippen molar-refractivity contribution >= 4 is 24.2 Å². The third kappa shape index (κ3) is 6.33. The molecule has 0 spiro atoms. The number of amides is 2. The van der Waals surface area contributed by atoms with Gasteiger partial charge in [-0.05, 0) is 50.4 Å². The number of hydrogen-bond acceptors (Lipinski definition) is 3. The van der Waals surface area contributed by atoms with Crippen LogP contribution in [-0.2, 0) is 0 Å². The van der Waals surface area contributed by atoms with Crippen molar-refractivity contribution in [2.75, 3.05) is 26.2 Å². The fourth-order valence-corrected chi connectivity index (χ4v) is 3.07. The summed E-state index contributed by atoms with van der Waals surface area (Å²) in [6.07, 6.45) is 3.94. The number of carbonyl (C=O) groups excluding carboxylic acids is 2. The highest BCUT2D eigenvalue weighted by molar-refractivity contribution is 5.99. The first kappa shape index (κ1) is 21.5. The lowest BCUT2D eigenvalue weighted by Crippen LogP contribution is -2.45. The summed E-state index contributed by atoms with van der Waals surface area (Å²) in [4.78, 5) is 27.0. The van der Waals surface area contributed by atoms with Crippen LogP contribution in [-0.4, -0.2) is 48.9 Å². The molecule has 140 valence electrons. The molecule has 0 aliphatic carbocycles. The Morgan fingerprint density at radius 1 is 1.20 bits per heavy atom. The molecule has 2 amide bonds. The van der Waals surface area contributed by atoms with Crippen molar-refractivity contribution in [2.24, 2.45) is 0 Å². The Hall–Kier alpha value is -1.59. The molecule has 1 atom stereocenters. The molecule has 0 saturated carbocycles. The van der Waals surface area contributed by atoms with Gasteiger partial charge in [0.15, 0.2) is 0 Å². The number of halogens is 1. The lowest BCUT2D eigenvalue weighted by Gasteiger charge is -2.24. The van der Waals surface area contributed by atoms with Crippen molar-refractivity contribution in [3.05, 3.63) is 35.4 Å². The number of benzene rings is 1. The van der Waals surface area contributed by atoms with Crippen molar-refractivity contribution in [3.63, 3.8) is 0 Å². The number of nitrogens with zero attached hydrogens (tertiary/aromatic N) is 1. The predicted molar refractivity (Wildman–Crippen MR) is 104 cm³/mol. The first-order valence-electron chi connectivity index (χ1n) is 9.06. The Morgan fingerprint density at radius 3 is 2.48 bits per heavy atom. The molecule has 1 unspecified atom stereocenters. The average Bonchev–Trinajstić information content (AvgIpc) is 2.62. The van der Waals surface area contributed by atoms with Crippen molar-refractivity contribution in [2.45, 2.75) is 45.6 Å². The van der Waals surface area contributed by atoms with E-state index >= 15 is 0 Å². The Bertz CT molecular complexity index is 553. The molecule has 5 nitrogen and oxygen atoms in total. The van der Waals surface area contributed by atoms with Gasteiger partial charge < -0.3 is 15.5 Å². The van der Waals surface area contributed by atoms with E-state index in [1.165, 1.54) is 0 Å². The van der Waals surface area contributed by atoms with E-state index in [4.69, 9.17) is 0 Å². The molecule has 2 rings (SSSR count). The van der Waals surface area contributed by atoms with Crippen LogP contribution in [0.4, 0.5) is 0 Å². The van der Waals surface area contributed by atoms with E-state index in [-0.39, 0.29) is 30.3 Å². The Labute approximate surface area is 157 Å². The number of nitrogens with one attached hydrogen (secondary N) is 2. The standard InChI is InChI=1S/C19H29N3O2.ClH/c1-3-11-22(12-4-2)19(24)16-8-5-7-15(13-16)18(23)21-17-9-6-10-20-14-17;/h5,7-8,13,17,20H,3-4,6,9-12,14H2,1-2H3,(H,21,23);1H. The van der Waals surface area contributed by atoms with Gasteiger partial charge in [-0.15, -0.1) is 12.4 Å². The van der Waals surface area contributed by atoms with Crippen molar-refractivity contribution in [3.8, 4) is 0 Å². The van der Waals surface area contributed by atoms with E-state index in [1.54, 1.807) is 24.3 Å². The van der Waals surface area contributed by atoms with Crippen LogP contribution >= 0.6 is 12.4 Å². The maximum atomic E-state index is 12.7. The van der Waals surface area contributed by atoms with Gasteiger partial charge in [0.05, 0.1) is 0 Å². The Balaban J connectivity index is 0.00000312. The molecule has 0 aromatic heterocycles. The number of hydrogen-bond donors (Lipinski definition) is 2. The summed E-state index contributed by atoms with van der Waals surface area (Å²) in [7, 11) is 0. The number of piperidine rings is 1. The van der Waals surface area contributed by atoms with Gasteiger partial charge in [0.1, 0.15) is 0 Å². The second-order valence-electron chi connectivity index (χ2n) is 6.39. The largest absolute Gasteiger partial charge is 0.348 e. The van der Waals surface area contributed by atoms with E-state index in [1.807, 2.05) is 4.90 Å². The minimum absolute atomic E-state index is 0. The van der Waals surface area contributed by atoms with Gasteiger partial charge in [0.2, 0.25) is 0 Å². The molecule has 1 aliphatic heterocycles. The molecule has 0 bridgehead atoms. The highest BCUT2D eigenvalue weighted by Gasteiger charge is 2.19. The van der Waals surface area contributed by atoms with Crippen LogP contribution in [0.15, 0.2) is 24.3 Å². The zero-order valence-electron chi connectivity index (χ0n) is 15.2. The fraction of sp³-hybridized carbons (Fsp3) is 0.579. The molecule has 6 heteroatoms. The van der Waals surface area contributed by atoms with Crippen molar-refractivity contribution in [1.82, 2.24) is 15.5 Å². The highest BCUT2D eigenvalue weighted by Crippen LogP contribution is 2.11. The fourth-order valence-electron chi connectivity index (χ4n) is 3.07. The van der Waals surface area contributed by atoms with Crippen LogP contribution in [0.2, 0.25) is 0 Å². The quantitative estimate of drug-likeness (QED) is 0.779. The van der Waals surface area contributed by atoms with Gasteiger partial charge in [-0.3, -0.25) is 9.59 Å². The van der Waals surface area contributed by atoms with Gasteiger partial charge in [-0.25, -0.2) is 0 Å². The van der Waals surface area contributed by atoms with E-state index in [2.05, 4.69) is 24.5 Å². The van der Waals surface area contributed by atoms with Crippen LogP contribution in [0, 0.1) is 0 Å². The monoisotopic (exact) mass is 367 g/mol. The minimum Gasteiger partial charge on any atom is -0.348 e. The van der Waals surface area contributed by atoms with Crippen LogP contribution in [0.3, 0.4) is 0 Å². The summed E-state index contributed by atoms with van der Waals surface area (Å²) >= 11 is 0. The summed E-state index contributed by atoms with van der Waals surface area (Å²) in [5, 5.41) is 6.34. The van der Waals surface area contributed by atoms with E-state index in [0.29, 0.717) is 11.1 Å². The molecule has 1 aromatic carbocycles. The lowest BCUT2D eigenvalue weighted by molar-refractivity contribution is 0.0755. The Morgan fingerprint density at radius 2 is 1.88 bits per heavy atom. The molecular weight excluding hydrogens is 338 g/mol. The van der Waals surface area contributed by atoms with Crippen LogP contribution in [0.5, 0.6) is 0 Å². The predicted octanol–water partition coefficient (Wildman–Crippen LogP) is 2.85. The average molecular weight is 368 g/mol. The smallest absolute Gasteiger partial charge is 0.253 e. The summed E-state index contributed by atoms with van der Waals surface area (Å²) < 4.78 is 0. The second kappa shape index (κ2) is 11.1. The highest BCUT2D eigenvalue weighted by atomic mass is 35.5.